The van der Waals surface area contributed by atoms with E-state index >= 15 is 0 Å². The third-order valence-corrected chi connectivity index (χ3v) is 7.98. The number of rotatable bonds is 9. The van der Waals surface area contributed by atoms with Crippen LogP contribution in [0.5, 0.6) is 17.4 Å². The Balaban J connectivity index is 1.62. The van der Waals surface area contributed by atoms with Crippen molar-refractivity contribution < 1.29 is 32.5 Å². The number of benzene rings is 3. The molecular weight excluding hydrogens is 560 g/mol. The Morgan fingerprint density at radius 1 is 0.976 bits per heavy atom. The van der Waals surface area contributed by atoms with Gasteiger partial charge < -0.3 is 29.2 Å². The highest BCUT2D eigenvalue weighted by atomic mass is 32.2. The highest BCUT2D eigenvalue weighted by Gasteiger charge is 2.23. The number of methoxy groups -OCH3 is 1. The molecule has 0 saturated heterocycles. The molecule has 0 fully saturated rings. The predicted octanol–water partition coefficient (Wildman–Crippen LogP) is 3.93. The van der Waals surface area contributed by atoms with Gasteiger partial charge in [0.1, 0.15) is 13.2 Å². The van der Waals surface area contributed by atoms with Crippen molar-refractivity contribution in [2.45, 2.75) is 0 Å². The molecule has 1 aromatic heterocycles. The van der Waals surface area contributed by atoms with Crippen LogP contribution >= 0.6 is 0 Å². The number of hydrogen-bond acceptors (Lipinski definition) is 9. The van der Waals surface area contributed by atoms with Crippen molar-refractivity contribution >= 4 is 44.0 Å². The Bertz CT molecular complexity index is 1760. The molecule has 0 atom stereocenters. The number of H-pyrrole nitrogens is 1. The molecule has 0 aliphatic carbocycles. The molecule has 42 heavy (non-hydrogen) atoms. The number of aliphatic imine (C=N–C) groups is 1. The van der Waals surface area contributed by atoms with Crippen molar-refractivity contribution in [2.24, 2.45) is 4.99 Å². The third-order valence-electron chi connectivity index (χ3n) is 6.78. The number of aromatic amines is 1. The largest absolute Gasteiger partial charge is 0.494 e. The average molecular weight is 593 g/mol. The SMILES string of the molecule is COC(=O)c1ccc2c(C(=Nc3ccc(N(CCN(C)C)S(C)(=O)=O)cc3)c3ccc4c(c3)OCCO4)c(O)[nH]c2c1. The normalized spacial score (nSPS) is 13.4. The lowest BCUT2D eigenvalue weighted by Crippen LogP contribution is -2.35. The second-order valence-electron chi connectivity index (χ2n) is 10.1. The average Bonchev–Trinajstić information content (AvgIpc) is 3.29. The molecule has 1 aliphatic heterocycles. The highest BCUT2D eigenvalue weighted by Crippen LogP contribution is 2.36. The number of aromatic nitrogens is 1. The van der Waals surface area contributed by atoms with Crippen LogP contribution in [0.15, 0.2) is 65.7 Å². The van der Waals surface area contributed by atoms with Gasteiger partial charge in [-0.3, -0.25) is 4.31 Å². The van der Waals surface area contributed by atoms with Crippen molar-refractivity contribution in [3.63, 3.8) is 0 Å². The first-order valence-corrected chi connectivity index (χ1v) is 15.0. The zero-order valence-electron chi connectivity index (χ0n) is 23.7. The predicted molar refractivity (Wildman–Crippen MR) is 161 cm³/mol. The molecule has 0 amide bonds. The maximum atomic E-state index is 12.5. The summed E-state index contributed by atoms with van der Waals surface area (Å²) >= 11 is 0. The van der Waals surface area contributed by atoms with Crippen LogP contribution in [0.25, 0.3) is 10.9 Å². The minimum absolute atomic E-state index is 0.135. The van der Waals surface area contributed by atoms with E-state index < -0.39 is 16.0 Å². The van der Waals surface area contributed by atoms with Crippen LogP contribution in [0.4, 0.5) is 11.4 Å². The van der Waals surface area contributed by atoms with Crippen molar-refractivity contribution in [1.29, 1.82) is 0 Å². The Labute approximate surface area is 244 Å². The lowest BCUT2D eigenvalue weighted by Gasteiger charge is -2.24. The number of nitrogens with zero attached hydrogens (tertiary/aromatic N) is 3. The number of hydrogen-bond donors (Lipinski definition) is 2. The number of nitrogens with one attached hydrogen (secondary N) is 1. The van der Waals surface area contributed by atoms with Gasteiger partial charge in [0.15, 0.2) is 17.4 Å². The van der Waals surface area contributed by atoms with Gasteiger partial charge in [0.05, 0.1) is 41.6 Å². The number of ether oxygens (including phenoxy) is 3. The fourth-order valence-electron chi connectivity index (χ4n) is 4.72. The molecule has 0 unspecified atom stereocenters. The topological polar surface area (TPSA) is 134 Å². The first kappa shape index (κ1) is 29.0. The van der Waals surface area contributed by atoms with Crippen LogP contribution in [0, 0.1) is 0 Å². The number of fused-ring (bicyclic) bond motifs is 2. The zero-order chi connectivity index (χ0) is 30.0. The molecule has 0 saturated carbocycles. The molecule has 0 spiro atoms. The molecule has 0 bridgehead atoms. The Morgan fingerprint density at radius 3 is 2.33 bits per heavy atom. The first-order valence-electron chi connectivity index (χ1n) is 13.2. The summed E-state index contributed by atoms with van der Waals surface area (Å²) in [6.45, 7) is 1.71. The van der Waals surface area contributed by atoms with E-state index in [4.69, 9.17) is 19.2 Å². The summed E-state index contributed by atoms with van der Waals surface area (Å²) in [7, 11) is 1.57. The quantitative estimate of drug-likeness (QED) is 0.221. The van der Waals surface area contributed by atoms with Gasteiger partial charge in [-0.2, -0.15) is 0 Å². The lowest BCUT2D eigenvalue weighted by atomic mass is 9.99. The Kier molecular flexibility index (Phi) is 8.10. The molecule has 12 heteroatoms. The number of likely N-dealkylation sites (N-methyl/N-ethyl adjacent to an activating group) is 1. The van der Waals surface area contributed by atoms with Crippen molar-refractivity contribution in [3.8, 4) is 17.4 Å². The molecule has 2 N–H and O–H groups in total. The van der Waals surface area contributed by atoms with E-state index in [0.717, 1.165) is 0 Å². The molecule has 220 valence electrons. The minimum Gasteiger partial charge on any atom is -0.494 e. The summed E-state index contributed by atoms with van der Waals surface area (Å²) in [5.41, 5.74) is 3.41. The Hall–Kier alpha value is -4.55. The smallest absolute Gasteiger partial charge is 0.337 e. The summed E-state index contributed by atoms with van der Waals surface area (Å²) in [5, 5.41) is 11.7. The van der Waals surface area contributed by atoms with Gasteiger partial charge in [-0.25, -0.2) is 18.2 Å². The lowest BCUT2D eigenvalue weighted by molar-refractivity contribution is 0.0601. The van der Waals surface area contributed by atoms with E-state index in [1.165, 1.54) is 17.7 Å². The minimum atomic E-state index is -3.50. The van der Waals surface area contributed by atoms with Crippen LogP contribution in [-0.2, 0) is 14.8 Å². The molecule has 1 aliphatic rings. The van der Waals surface area contributed by atoms with Gasteiger partial charge in [-0.15, -0.1) is 0 Å². The number of carbonyl (C=O) groups is 1. The zero-order valence-corrected chi connectivity index (χ0v) is 24.6. The standard InChI is InChI=1S/C30H32N4O7S/c1-33(2)13-14-34(42(4,37)38)22-9-7-21(8-10-22)31-28(19-6-12-25-26(18-19)41-16-15-40-25)27-23-11-5-20(30(36)39-3)17-24(23)32-29(27)35/h5-12,17-18,32,35H,13-16H2,1-4H3. The summed E-state index contributed by atoms with van der Waals surface area (Å²) in [6.07, 6.45) is 1.18. The number of anilines is 1. The van der Waals surface area contributed by atoms with Crippen molar-refractivity contribution in [2.75, 3.05) is 58.1 Å². The second-order valence-corrected chi connectivity index (χ2v) is 12.0. The van der Waals surface area contributed by atoms with Crippen LogP contribution in [0.3, 0.4) is 0 Å². The van der Waals surface area contributed by atoms with E-state index in [2.05, 4.69) is 4.98 Å². The maximum Gasteiger partial charge on any atom is 0.337 e. The van der Waals surface area contributed by atoms with E-state index in [1.807, 2.05) is 25.1 Å². The van der Waals surface area contributed by atoms with Crippen molar-refractivity contribution in [3.05, 3.63) is 77.4 Å². The van der Waals surface area contributed by atoms with E-state index in [9.17, 15) is 18.3 Å². The molecule has 11 nitrogen and oxygen atoms in total. The maximum absolute atomic E-state index is 12.5. The van der Waals surface area contributed by atoms with Gasteiger partial charge in [-0.05, 0) is 68.7 Å². The molecule has 3 aromatic carbocycles. The first-order chi connectivity index (χ1) is 20.0. The van der Waals surface area contributed by atoms with E-state index in [0.29, 0.717) is 82.5 Å². The van der Waals surface area contributed by atoms with Crippen LogP contribution in [0.2, 0.25) is 0 Å². The summed E-state index contributed by atoms with van der Waals surface area (Å²) in [6, 6.07) is 17.2. The van der Waals surface area contributed by atoms with Gasteiger partial charge in [0, 0.05) is 29.6 Å². The highest BCUT2D eigenvalue weighted by molar-refractivity contribution is 7.92. The van der Waals surface area contributed by atoms with Gasteiger partial charge in [0.2, 0.25) is 10.0 Å². The molecule has 5 rings (SSSR count). The molecular formula is C30H32N4O7S. The number of carbonyl (C=O) groups excluding carboxylic acids is 1. The van der Waals surface area contributed by atoms with Gasteiger partial charge >= 0.3 is 5.97 Å². The Morgan fingerprint density at radius 2 is 1.67 bits per heavy atom. The van der Waals surface area contributed by atoms with E-state index in [1.54, 1.807) is 54.6 Å². The second kappa shape index (κ2) is 11.7. The fourth-order valence-corrected chi connectivity index (χ4v) is 5.64. The third kappa shape index (κ3) is 6.04. The van der Waals surface area contributed by atoms with Crippen LogP contribution < -0.4 is 13.8 Å². The van der Waals surface area contributed by atoms with E-state index in [-0.39, 0.29) is 5.88 Å². The summed E-state index contributed by atoms with van der Waals surface area (Å²) in [5.74, 6) is 0.531. The van der Waals surface area contributed by atoms with Crippen molar-refractivity contribution in [1.82, 2.24) is 9.88 Å². The number of esters is 1. The summed E-state index contributed by atoms with van der Waals surface area (Å²) in [4.78, 5) is 21.9. The van der Waals surface area contributed by atoms with Crippen LogP contribution in [0.1, 0.15) is 21.5 Å². The molecule has 4 aromatic rings. The number of sulfonamides is 1. The van der Waals surface area contributed by atoms with Gasteiger partial charge in [-0.1, -0.05) is 6.07 Å². The molecule has 0 radical (unpaired) electrons. The van der Waals surface area contributed by atoms with Crippen LogP contribution in [-0.4, -0.2) is 88.9 Å². The fraction of sp³-hybridized carbons (Fsp3) is 0.267. The van der Waals surface area contributed by atoms with Gasteiger partial charge in [0.25, 0.3) is 0 Å². The molecule has 2 heterocycles. The summed E-state index contributed by atoms with van der Waals surface area (Å²) < 4.78 is 42.7. The number of aromatic hydroxyl groups is 1. The monoisotopic (exact) mass is 592 g/mol.